The van der Waals surface area contributed by atoms with E-state index in [1.165, 1.54) is 11.3 Å². The van der Waals surface area contributed by atoms with Crippen LogP contribution in [-0.4, -0.2) is 24.6 Å². The average molecular weight is 334 g/mol. The number of anilines is 1. The van der Waals surface area contributed by atoms with Crippen LogP contribution in [0.3, 0.4) is 0 Å². The molecule has 1 aromatic carbocycles. The van der Waals surface area contributed by atoms with E-state index in [2.05, 4.69) is 17.2 Å². The molecule has 0 aliphatic heterocycles. The van der Waals surface area contributed by atoms with Crippen molar-refractivity contribution in [3.63, 3.8) is 0 Å². The Balaban J connectivity index is 2.11. The molecule has 1 amide bonds. The number of nitrogens with zero attached hydrogens (tertiary/aromatic N) is 1. The summed E-state index contributed by atoms with van der Waals surface area (Å²) < 4.78 is 11.0. The fourth-order valence-corrected chi connectivity index (χ4v) is 2.76. The summed E-state index contributed by atoms with van der Waals surface area (Å²) in [6.45, 7) is 6.65. The lowest BCUT2D eigenvalue weighted by Crippen LogP contribution is -2.12. The molecule has 2 rings (SSSR count). The third-order valence-corrected chi connectivity index (χ3v) is 4.42. The zero-order valence-electron chi connectivity index (χ0n) is 13.9. The first-order valence-corrected chi connectivity index (χ1v) is 8.43. The molecule has 1 aromatic heterocycles. The summed E-state index contributed by atoms with van der Waals surface area (Å²) in [5, 5.41) is 3.42. The maximum atomic E-state index is 12.3. The third kappa shape index (κ3) is 4.45. The van der Waals surface area contributed by atoms with Gasteiger partial charge in [0.15, 0.2) is 16.6 Å². The molecule has 0 saturated carbocycles. The molecule has 0 bridgehead atoms. The standard InChI is InChI=1S/C17H22N2O3S/c1-5-6-9-22-14-8-7-13(10-15(14)21-4)16(20)19-17-18-11(2)12(3)23-17/h7-8,10H,5-6,9H2,1-4H3,(H,18,19,20). The minimum atomic E-state index is -0.211. The molecule has 0 fully saturated rings. The van der Waals surface area contributed by atoms with Crippen LogP contribution >= 0.6 is 11.3 Å². The summed E-state index contributed by atoms with van der Waals surface area (Å²) in [6, 6.07) is 5.18. The quantitative estimate of drug-likeness (QED) is 0.771. The van der Waals surface area contributed by atoms with Crippen LogP contribution in [0.25, 0.3) is 0 Å². The Morgan fingerprint density at radius 2 is 2.09 bits per heavy atom. The fourth-order valence-electron chi connectivity index (χ4n) is 1.95. The molecule has 124 valence electrons. The number of carbonyl (C=O) groups excluding carboxylic acids is 1. The van der Waals surface area contributed by atoms with Crippen molar-refractivity contribution in [3.8, 4) is 11.5 Å². The summed E-state index contributed by atoms with van der Waals surface area (Å²) in [5.41, 5.74) is 1.44. The lowest BCUT2D eigenvalue weighted by Gasteiger charge is -2.11. The van der Waals surface area contributed by atoms with Gasteiger partial charge in [0.05, 0.1) is 19.4 Å². The van der Waals surface area contributed by atoms with Gasteiger partial charge in [0, 0.05) is 10.4 Å². The van der Waals surface area contributed by atoms with Crippen molar-refractivity contribution in [2.45, 2.75) is 33.6 Å². The third-order valence-electron chi connectivity index (χ3n) is 3.43. The fraction of sp³-hybridized carbons (Fsp3) is 0.412. The van der Waals surface area contributed by atoms with Gasteiger partial charge < -0.3 is 9.47 Å². The van der Waals surface area contributed by atoms with Crippen LogP contribution in [0.15, 0.2) is 18.2 Å². The van der Waals surface area contributed by atoms with E-state index < -0.39 is 0 Å². The van der Waals surface area contributed by atoms with E-state index >= 15 is 0 Å². The number of benzene rings is 1. The highest BCUT2D eigenvalue weighted by Gasteiger charge is 2.13. The SMILES string of the molecule is CCCCOc1ccc(C(=O)Nc2nc(C)c(C)s2)cc1OC. The molecule has 0 radical (unpaired) electrons. The van der Waals surface area contributed by atoms with E-state index in [0.717, 1.165) is 23.4 Å². The zero-order chi connectivity index (χ0) is 16.8. The maximum Gasteiger partial charge on any atom is 0.257 e. The highest BCUT2D eigenvalue weighted by atomic mass is 32.1. The molecular formula is C17H22N2O3S. The molecule has 2 aromatic rings. The van der Waals surface area contributed by atoms with Crippen molar-refractivity contribution in [2.75, 3.05) is 19.0 Å². The van der Waals surface area contributed by atoms with E-state index in [1.807, 2.05) is 13.8 Å². The number of nitrogens with one attached hydrogen (secondary N) is 1. The normalized spacial score (nSPS) is 10.4. The number of rotatable bonds is 7. The molecule has 1 N–H and O–H groups in total. The number of aryl methyl sites for hydroxylation is 2. The number of aromatic nitrogens is 1. The lowest BCUT2D eigenvalue weighted by molar-refractivity contribution is 0.102. The largest absolute Gasteiger partial charge is 0.493 e. The first kappa shape index (κ1) is 17.3. The first-order valence-electron chi connectivity index (χ1n) is 7.61. The van der Waals surface area contributed by atoms with E-state index in [4.69, 9.17) is 9.47 Å². The molecule has 0 aliphatic carbocycles. The van der Waals surface area contributed by atoms with Gasteiger partial charge in [0.1, 0.15) is 0 Å². The predicted molar refractivity (Wildman–Crippen MR) is 92.9 cm³/mol. The number of unbranched alkanes of at least 4 members (excludes halogenated alkanes) is 1. The zero-order valence-corrected chi connectivity index (χ0v) is 14.8. The highest BCUT2D eigenvalue weighted by molar-refractivity contribution is 7.15. The Morgan fingerprint density at radius 1 is 1.30 bits per heavy atom. The second-order valence-electron chi connectivity index (χ2n) is 5.18. The van der Waals surface area contributed by atoms with Crippen molar-refractivity contribution in [3.05, 3.63) is 34.3 Å². The van der Waals surface area contributed by atoms with E-state index in [-0.39, 0.29) is 5.91 Å². The maximum absolute atomic E-state index is 12.3. The van der Waals surface area contributed by atoms with Gasteiger partial charge in [0.2, 0.25) is 0 Å². The Bertz CT molecular complexity index is 663. The summed E-state index contributed by atoms with van der Waals surface area (Å²) in [5.74, 6) is 0.996. The molecule has 0 spiro atoms. The van der Waals surface area contributed by atoms with E-state index in [1.54, 1.807) is 25.3 Å². The van der Waals surface area contributed by atoms with E-state index in [9.17, 15) is 4.79 Å². The Hall–Kier alpha value is -2.08. The highest BCUT2D eigenvalue weighted by Crippen LogP contribution is 2.29. The van der Waals surface area contributed by atoms with Crippen LogP contribution in [0.1, 0.15) is 40.7 Å². The second kappa shape index (κ2) is 7.97. The van der Waals surface area contributed by atoms with Crippen LogP contribution in [-0.2, 0) is 0 Å². The number of thiazole rings is 1. The molecule has 5 nitrogen and oxygen atoms in total. The molecular weight excluding hydrogens is 312 g/mol. The van der Waals surface area contributed by atoms with Crippen LogP contribution < -0.4 is 14.8 Å². The van der Waals surface area contributed by atoms with Gasteiger partial charge in [-0.05, 0) is 38.5 Å². The summed E-state index contributed by atoms with van der Waals surface area (Å²) in [6.07, 6.45) is 2.05. The number of hydrogen-bond donors (Lipinski definition) is 1. The summed E-state index contributed by atoms with van der Waals surface area (Å²) in [7, 11) is 1.57. The molecule has 0 aliphatic rings. The van der Waals surface area contributed by atoms with Crippen LogP contribution in [0.4, 0.5) is 5.13 Å². The molecule has 1 heterocycles. The van der Waals surface area contributed by atoms with Crippen molar-refractivity contribution < 1.29 is 14.3 Å². The van der Waals surface area contributed by atoms with Crippen molar-refractivity contribution in [1.82, 2.24) is 4.98 Å². The second-order valence-corrected chi connectivity index (χ2v) is 6.39. The Labute approximate surface area is 140 Å². The number of hydrogen-bond acceptors (Lipinski definition) is 5. The molecule has 0 atom stereocenters. The van der Waals surface area contributed by atoms with Crippen LogP contribution in [0.2, 0.25) is 0 Å². The van der Waals surface area contributed by atoms with Crippen LogP contribution in [0.5, 0.6) is 11.5 Å². The predicted octanol–water partition coefficient (Wildman–Crippen LogP) is 4.20. The van der Waals surface area contributed by atoms with Crippen LogP contribution in [0, 0.1) is 13.8 Å². The minimum Gasteiger partial charge on any atom is -0.493 e. The topological polar surface area (TPSA) is 60.5 Å². The molecule has 0 saturated heterocycles. The number of amides is 1. The summed E-state index contributed by atoms with van der Waals surface area (Å²) >= 11 is 1.47. The molecule has 0 unspecified atom stereocenters. The Morgan fingerprint density at radius 3 is 2.70 bits per heavy atom. The Kier molecular flexibility index (Phi) is 5.98. The number of ether oxygens (including phenoxy) is 2. The monoisotopic (exact) mass is 334 g/mol. The van der Waals surface area contributed by atoms with E-state index in [0.29, 0.717) is 28.8 Å². The summed E-state index contributed by atoms with van der Waals surface area (Å²) in [4.78, 5) is 17.7. The number of carbonyl (C=O) groups is 1. The average Bonchev–Trinajstić information content (AvgIpc) is 2.85. The van der Waals surface area contributed by atoms with Crippen molar-refractivity contribution in [1.29, 1.82) is 0 Å². The van der Waals surface area contributed by atoms with Gasteiger partial charge in [-0.25, -0.2) is 4.98 Å². The first-order chi connectivity index (χ1) is 11.0. The van der Waals surface area contributed by atoms with Gasteiger partial charge in [-0.3, -0.25) is 10.1 Å². The molecule has 23 heavy (non-hydrogen) atoms. The van der Waals surface area contributed by atoms with Crippen molar-refractivity contribution in [2.24, 2.45) is 0 Å². The molecule has 6 heteroatoms. The van der Waals surface area contributed by atoms with Gasteiger partial charge in [0.25, 0.3) is 5.91 Å². The lowest BCUT2D eigenvalue weighted by atomic mass is 10.2. The minimum absolute atomic E-state index is 0.211. The van der Waals surface area contributed by atoms with Gasteiger partial charge >= 0.3 is 0 Å². The van der Waals surface area contributed by atoms with Gasteiger partial charge in [-0.1, -0.05) is 13.3 Å². The number of methoxy groups -OCH3 is 1. The van der Waals surface area contributed by atoms with Gasteiger partial charge in [-0.15, -0.1) is 11.3 Å². The smallest absolute Gasteiger partial charge is 0.257 e. The van der Waals surface area contributed by atoms with Crippen molar-refractivity contribution >= 4 is 22.4 Å². The van der Waals surface area contributed by atoms with Gasteiger partial charge in [-0.2, -0.15) is 0 Å².